The third-order valence-corrected chi connectivity index (χ3v) is 2.37. The maximum atomic E-state index is 5.53. The summed E-state index contributed by atoms with van der Waals surface area (Å²) in [4.78, 5) is 10.2. The molecule has 0 aliphatic carbocycles. The Bertz CT molecular complexity index is 463. The molecule has 0 unspecified atom stereocenters. The lowest BCUT2D eigenvalue weighted by molar-refractivity contribution is 0.529. The van der Waals surface area contributed by atoms with Crippen molar-refractivity contribution in [2.75, 3.05) is 17.7 Å². The number of hydrogen-bond acceptors (Lipinski definition) is 5. The first-order chi connectivity index (χ1) is 7.66. The molecular weight excluding hydrogens is 204 g/mol. The molecule has 0 bridgehead atoms. The van der Waals surface area contributed by atoms with Crippen LogP contribution < -0.4 is 10.6 Å². The van der Waals surface area contributed by atoms with Crippen LogP contribution in [0.15, 0.2) is 29.1 Å². The minimum atomic E-state index is 0.566. The summed E-state index contributed by atoms with van der Waals surface area (Å²) in [6, 6.07) is 1.95. The van der Waals surface area contributed by atoms with Crippen LogP contribution in [0, 0.1) is 6.92 Å². The number of furan rings is 1. The molecule has 2 aromatic rings. The van der Waals surface area contributed by atoms with Gasteiger partial charge in [-0.05, 0) is 13.0 Å². The van der Waals surface area contributed by atoms with Gasteiger partial charge in [0.1, 0.15) is 5.76 Å². The summed E-state index contributed by atoms with van der Waals surface area (Å²) in [5.74, 6) is 1.57. The molecule has 2 rings (SSSR count). The Hall–Kier alpha value is -2.04. The van der Waals surface area contributed by atoms with E-state index in [9.17, 15) is 0 Å². The highest BCUT2D eigenvalue weighted by atomic mass is 16.3. The normalized spacial score (nSPS) is 10.4. The van der Waals surface area contributed by atoms with Gasteiger partial charge in [0, 0.05) is 19.2 Å². The smallest absolute Gasteiger partial charge is 0.225 e. The molecule has 0 atom stereocenters. The topological polar surface area (TPSA) is 68.2 Å². The Morgan fingerprint density at radius 3 is 2.62 bits per heavy atom. The fourth-order valence-corrected chi connectivity index (χ4v) is 1.43. The molecule has 0 amide bonds. The van der Waals surface area contributed by atoms with E-state index < -0.39 is 0 Å². The van der Waals surface area contributed by atoms with Crippen LogP contribution in [0.2, 0.25) is 0 Å². The summed E-state index contributed by atoms with van der Waals surface area (Å²) in [7, 11) is 1.93. The molecule has 0 aliphatic rings. The largest absolute Gasteiger partial charge is 0.469 e. The van der Waals surface area contributed by atoms with Crippen LogP contribution >= 0.6 is 0 Å². The molecule has 16 heavy (non-hydrogen) atoms. The lowest BCUT2D eigenvalue weighted by Crippen LogP contribution is -2.19. The first-order valence-electron chi connectivity index (χ1n) is 4.98. The summed E-state index contributed by atoms with van der Waals surface area (Å²) in [5.41, 5.74) is 7.22. The zero-order chi connectivity index (χ0) is 11.5. The van der Waals surface area contributed by atoms with Crippen molar-refractivity contribution in [3.05, 3.63) is 36.0 Å². The average molecular weight is 218 g/mol. The van der Waals surface area contributed by atoms with Crippen molar-refractivity contribution in [3.63, 3.8) is 0 Å². The molecule has 0 fully saturated rings. The monoisotopic (exact) mass is 218 g/mol. The minimum Gasteiger partial charge on any atom is -0.469 e. The first kappa shape index (κ1) is 10.5. The van der Waals surface area contributed by atoms with Gasteiger partial charge in [-0.2, -0.15) is 0 Å². The van der Waals surface area contributed by atoms with Gasteiger partial charge >= 0.3 is 0 Å². The third kappa shape index (κ3) is 2.13. The van der Waals surface area contributed by atoms with Crippen LogP contribution in [0.3, 0.4) is 0 Å². The van der Waals surface area contributed by atoms with Crippen molar-refractivity contribution in [1.82, 2.24) is 9.97 Å². The zero-order valence-electron chi connectivity index (χ0n) is 9.34. The molecule has 5 nitrogen and oxygen atoms in total. The van der Waals surface area contributed by atoms with E-state index in [1.165, 1.54) is 0 Å². The Labute approximate surface area is 93.9 Å². The van der Waals surface area contributed by atoms with E-state index in [4.69, 9.17) is 10.2 Å². The van der Waals surface area contributed by atoms with Crippen molar-refractivity contribution in [2.24, 2.45) is 0 Å². The Balaban J connectivity index is 2.11. The third-order valence-electron chi connectivity index (χ3n) is 2.37. The van der Waals surface area contributed by atoms with E-state index in [1.807, 2.05) is 24.9 Å². The molecule has 2 heterocycles. The van der Waals surface area contributed by atoms with Crippen LogP contribution in [-0.4, -0.2) is 17.0 Å². The number of anilines is 2. The average Bonchev–Trinajstić information content (AvgIpc) is 2.65. The number of aryl methyl sites for hydroxylation is 1. The van der Waals surface area contributed by atoms with Crippen molar-refractivity contribution in [2.45, 2.75) is 13.5 Å². The SMILES string of the molecule is Cc1occc1CN(C)c1ncc(N)cn1. The van der Waals surface area contributed by atoms with Crippen LogP contribution in [0.25, 0.3) is 0 Å². The number of nitrogens with two attached hydrogens (primary N) is 1. The van der Waals surface area contributed by atoms with E-state index in [0.717, 1.165) is 11.3 Å². The number of rotatable bonds is 3. The molecule has 5 heteroatoms. The van der Waals surface area contributed by atoms with Gasteiger partial charge in [0.2, 0.25) is 5.95 Å². The fourth-order valence-electron chi connectivity index (χ4n) is 1.43. The minimum absolute atomic E-state index is 0.566. The van der Waals surface area contributed by atoms with Crippen LogP contribution in [-0.2, 0) is 6.54 Å². The standard InChI is InChI=1S/C11H14N4O/c1-8-9(3-4-16-8)7-15(2)11-13-5-10(12)6-14-11/h3-6H,7,12H2,1-2H3. The number of nitrogens with zero attached hydrogens (tertiary/aromatic N) is 3. The molecule has 2 aromatic heterocycles. The Morgan fingerprint density at radius 2 is 2.06 bits per heavy atom. The van der Waals surface area contributed by atoms with Gasteiger partial charge in [-0.15, -0.1) is 0 Å². The van der Waals surface area contributed by atoms with Crippen molar-refractivity contribution in [1.29, 1.82) is 0 Å². The zero-order valence-corrected chi connectivity index (χ0v) is 9.34. The summed E-state index contributed by atoms with van der Waals surface area (Å²) in [5, 5.41) is 0. The van der Waals surface area contributed by atoms with Crippen LogP contribution in [0.5, 0.6) is 0 Å². The van der Waals surface area contributed by atoms with E-state index in [-0.39, 0.29) is 0 Å². The van der Waals surface area contributed by atoms with E-state index in [1.54, 1.807) is 18.7 Å². The molecule has 84 valence electrons. The van der Waals surface area contributed by atoms with Crippen molar-refractivity contribution >= 4 is 11.6 Å². The summed E-state index contributed by atoms with van der Waals surface area (Å²) in [6.45, 7) is 2.65. The van der Waals surface area contributed by atoms with Gasteiger partial charge < -0.3 is 15.1 Å². The van der Waals surface area contributed by atoms with E-state index >= 15 is 0 Å². The molecule has 2 N–H and O–H groups in total. The molecule has 0 radical (unpaired) electrons. The summed E-state index contributed by atoms with van der Waals surface area (Å²) < 4.78 is 5.23. The molecule has 0 spiro atoms. The number of aromatic nitrogens is 2. The Morgan fingerprint density at radius 1 is 1.38 bits per heavy atom. The van der Waals surface area contributed by atoms with Gasteiger partial charge in [-0.3, -0.25) is 0 Å². The summed E-state index contributed by atoms with van der Waals surface area (Å²) in [6.07, 6.45) is 4.88. The molecule has 0 saturated carbocycles. The second-order valence-corrected chi connectivity index (χ2v) is 3.67. The van der Waals surface area contributed by atoms with E-state index in [2.05, 4.69) is 9.97 Å². The fraction of sp³-hybridized carbons (Fsp3) is 0.273. The van der Waals surface area contributed by atoms with Crippen LogP contribution in [0.1, 0.15) is 11.3 Å². The Kier molecular flexibility index (Phi) is 2.76. The van der Waals surface area contributed by atoms with Crippen molar-refractivity contribution < 1.29 is 4.42 Å². The molecular formula is C11H14N4O. The quantitative estimate of drug-likeness (QED) is 0.847. The van der Waals surface area contributed by atoms with Gasteiger partial charge in [0.05, 0.1) is 24.3 Å². The second kappa shape index (κ2) is 4.22. The predicted molar refractivity (Wildman–Crippen MR) is 62.0 cm³/mol. The van der Waals surface area contributed by atoms with Gasteiger partial charge in [0.25, 0.3) is 0 Å². The lowest BCUT2D eigenvalue weighted by atomic mass is 10.2. The van der Waals surface area contributed by atoms with Crippen molar-refractivity contribution in [3.8, 4) is 0 Å². The maximum Gasteiger partial charge on any atom is 0.225 e. The van der Waals surface area contributed by atoms with Crippen LogP contribution in [0.4, 0.5) is 11.6 Å². The molecule has 0 aliphatic heterocycles. The second-order valence-electron chi connectivity index (χ2n) is 3.67. The highest BCUT2D eigenvalue weighted by Gasteiger charge is 2.08. The van der Waals surface area contributed by atoms with E-state index in [0.29, 0.717) is 18.2 Å². The van der Waals surface area contributed by atoms with Gasteiger partial charge in [0.15, 0.2) is 0 Å². The maximum absolute atomic E-state index is 5.53. The predicted octanol–water partition coefficient (Wildman–Crippen LogP) is 1.60. The number of nitrogen functional groups attached to an aromatic ring is 1. The first-order valence-corrected chi connectivity index (χ1v) is 4.98. The summed E-state index contributed by atoms with van der Waals surface area (Å²) >= 11 is 0. The molecule has 0 saturated heterocycles. The lowest BCUT2D eigenvalue weighted by Gasteiger charge is -2.16. The van der Waals surface area contributed by atoms with Gasteiger partial charge in [-0.25, -0.2) is 9.97 Å². The number of hydrogen-bond donors (Lipinski definition) is 1. The van der Waals surface area contributed by atoms with Gasteiger partial charge in [-0.1, -0.05) is 0 Å². The highest BCUT2D eigenvalue weighted by molar-refractivity contribution is 5.38. The molecule has 0 aromatic carbocycles. The highest BCUT2D eigenvalue weighted by Crippen LogP contribution is 2.14.